The van der Waals surface area contributed by atoms with E-state index in [2.05, 4.69) is 0 Å². The summed E-state index contributed by atoms with van der Waals surface area (Å²) in [5.74, 6) is -0.451. The van der Waals surface area contributed by atoms with Crippen molar-refractivity contribution in [2.24, 2.45) is 0 Å². The van der Waals surface area contributed by atoms with E-state index in [1.54, 1.807) is 25.3 Å². The van der Waals surface area contributed by atoms with Crippen LogP contribution in [0.25, 0.3) is 6.08 Å². The number of nitriles is 1. The molecule has 0 atom stereocenters. The third kappa shape index (κ3) is 5.33. The molecule has 4 rings (SSSR count). The maximum Gasteiger partial charge on any atom is 0.271 e. The summed E-state index contributed by atoms with van der Waals surface area (Å²) >= 11 is 6.55. The summed E-state index contributed by atoms with van der Waals surface area (Å²) in [5, 5.41) is 20.7. The van der Waals surface area contributed by atoms with Crippen molar-refractivity contribution in [3.8, 4) is 17.7 Å². The van der Waals surface area contributed by atoms with Crippen molar-refractivity contribution >= 4 is 46.1 Å². The first kappa shape index (κ1) is 26.6. The average Bonchev–Trinajstić information content (AvgIpc) is 3.15. The van der Waals surface area contributed by atoms with Crippen LogP contribution in [0, 0.1) is 18.3 Å². The van der Waals surface area contributed by atoms with E-state index in [0.29, 0.717) is 27.8 Å². The zero-order chi connectivity index (χ0) is 26.7. The van der Waals surface area contributed by atoms with Crippen LogP contribution in [0.15, 0.2) is 34.0 Å². The van der Waals surface area contributed by atoms with Crippen molar-refractivity contribution in [1.82, 2.24) is 9.47 Å². The van der Waals surface area contributed by atoms with Crippen LogP contribution in [0.2, 0.25) is 0 Å². The number of hydrogen-bond donors (Lipinski definition) is 1. The van der Waals surface area contributed by atoms with Gasteiger partial charge in [-0.25, -0.2) is 0 Å². The number of Topliss-reactive ketones (excluding diaryl/α,β-unsaturated/α-hetero) is 1. The Kier molecular flexibility index (Phi) is 8.15. The van der Waals surface area contributed by atoms with Gasteiger partial charge in [0.1, 0.15) is 21.7 Å². The van der Waals surface area contributed by atoms with Gasteiger partial charge in [0.15, 0.2) is 5.78 Å². The first-order valence-corrected chi connectivity index (χ1v) is 13.3. The highest BCUT2D eigenvalue weighted by molar-refractivity contribution is 8.26. The van der Waals surface area contributed by atoms with Gasteiger partial charge in [-0.3, -0.25) is 23.9 Å². The average molecular weight is 538 g/mol. The van der Waals surface area contributed by atoms with Crippen LogP contribution in [0.1, 0.15) is 71.6 Å². The number of benzene rings is 1. The Labute approximate surface area is 224 Å². The first-order chi connectivity index (χ1) is 17.8. The maximum absolute atomic E-state index is 13.3. The minimum Gasteiger partial charge on any atom is -0.497 e. The Bertz CT molecular complexity index is 1380. The molecule has 0 spiro atoms. The predicted octanol–water partition coefficient (Wildman–Crippen LogP) is 4.72. The lowest BCUT2D eigenvalue weighted by Gasteiger charge is -2.26. The fourth-order valence-electron chi connectivity index (χ4n) is 4.82. The molecule has 1 amide bonds. The highest BCUT2D eigenvalue weighted by Crippen LogP contribution is 2.35. The van der Waals surface area contributed by atoms with Crippen molar-refractivity contribution in [3.05, 3.63) is 61.8 Å². The molecule has 1 N–H and O–H groups in total. The number of thioether (sulfide) groups is 1. The van der Waals surface area contributed by atoms with E-state index in [1.807, 2.05) is 18.2 Å². The fourth-order valence-corrected chi connectivity index (χ4v) is 6.12. The van der Waals surface area contributed by atoms with Crippen molar-refractivity contribution < 1.29 is 19.4 Å². The molecular formula is C27H27N3O5S2. The molecule has 10 heteroatoms. The van der Waals surface area contributed by atoms with E-state index < -0.39 is 17.2 Å². The van der Waals surface area contributed by atoms with Gasteiger partial charge in [-0.05, 0) is 49.1 Å². The second kappa shape index (κ2) is 11.3. The molecule has 0 radical (unpaired) electrons. The minimum absolute atomic E-state index is 0.0206. The van der Waals surface area contributed by atoms with E-state index in [9.17, 15) is 24.8 Å². The van der Waals surface area contributed by atoms with Gasteiger partial charge in [-0.1, -0.05) is 55.4 Å². The number of carbonyl (C=O) groups is 2. The Morgan fingerprint density at radius 3 is 2.54 bits per heavy atom. The summed E-state index contributed by atoms with van der Waals surface area (Å²) < 4.78 is 6.71. The molecule has 192 valence electrons. The molecule has 2 heterocycles. The second-order valence-corrected chi connectivity index (χ2v) is 10.7. The van der Waals surface area contributed by atoms with Gasteiger partial charge in [0, 0.05) is 19.0 Å². The van der Waals surface area contributed by atoms with Gasteiger partial charge >= 0.3 is 0 Å². The smallest absolute Gasteiger partial charge is 0.271 e. The number of ether oxygens (including phenoxy) is 1. The number of aromatic hydroxyl groups is 1. The predicted molar refractivity (Wildman–Crippen MR) is 146 cm³/mol. The molecule has 2 aromatic rings. The molecular weight excluding hydrogens is 510 g/mol. The summed E-state index contributed by atoms with van der Waals surface area (Å²) in [6.45, 7) is 1.52. The largest absolute Gasteiger partial charge is 0.497 e. The summed E-state index contributed by atoms with van der Waals surface area (Å²) in [7, 11) is 1.58. The van der Waals surface area contributed by atoms with Crippen LogP contribution >= 0.6 is 24.0 Å². The molecule has 1 aromatic heterocycles. The highest BCUT2D eigenvalue weighted by atomic mass is 32.2. The van der Waals surface area contributed by atoms with Gasteiger partial charge in [0.05, 0.1) is 17.6 Å². The molecule has 2 fully saturated rings. The number of amides is 1. The Balaban J connectivity index is 1.55. The highest BCUT2D eigenvalue weighted by Gasteiger charge is 2.33. The number of aromatic nitrogens is 1. The van der Waals surface area contributed by atoms with E-state index in [4.69, 9.17) is 17.0 Å². The fraction of sp³-hybridized carbons (Fsp3) is 0.370. The number of nitrogens with zero attached hydrogens (tertiary/aromatic N) is 3. The Hall–Kier alpha value is -3.42. The number of pyridine rings is 1. The van der Waals surface area contributed by atoms with Crippen molar-refractivity contribution in [1.29, 1.82) is 5.26 Å². The van der Waals surface area contributed by atoms with Crippen LogP contribution in [0.3, 0.4) is 0 Å². The van der Waals surface area contributed by atoms with E-state index >= 15 is 0 Å². The van der Waals surface area contributed by atoms with E-state index in [1.165, 1.54) is 16.4 Å². The van der Waals surface area contributed by atoms with Crippen LogP contribution in [0.4, 0.5) is 0 Å². The Morgan fingerprint density at radius 1 is 1.24 bits per heavy atom. The van der Waals surface area contributed by atoms with Crippen molar-refractivity contribution in [2.45, 2.75) is 51.5 Å². The molecule has 37 heavy (non-hydrogen) atoms. The second-order valence-electron chi connectivity index (χ2n) is 9.06. The number of carbonyl (C=O) groups excluding carboxylic acids is 2. The third-order valence-electron chi connectivity index (χ3n) is 6.81. The summed E-state index contributed by atoms with van der Waals surface area (Å²) in [4.78, 5) is 41.1. The summed E-state index contributed by atoms with van der Waals surface area (Å²) in [6, 6.07) is 8.90. The molecule has 8 nitrogen and oxygen atoms in total. The molecule has 0 bridgehead atoms. The van der Waals surface area contributed by atoms with Gasteiger partial charge in [0.2, 0.25) is 5.88 Å². The number of methoxy groups -OCH3 is 1. The van der Waals surface area contributed by atoms with Crippen LogP contribution in [-0.2, 0) is 4.79 Å². The molecule has 1 aromatic carbocycles. The number of hydrogen-bond acceptors (Lipinski definition) is 8. The SMILES string of the molecule is COc1ccc(/C=C2\SC(=S)N(CCC(=O)c3c(C)c(C#N)c(=O)n(C4CCCCC4)c3O)C2=O)cc1. The van der Waals surface area contributed by atoms with E-state index in [0.717, 1.165) is 36.6 Å². The standard InChI is InChI=1S/C27H27N3O5S2/c1-16-20(15-28)24(32)30(18-6-4-3-5-7-18)26(34)23(16)21(31)12-13-29-25(33)22(37-27(29)36)14-17-8-10-19(35-2)11-9-17/h8-11,14,18,34H,3-7,12-13H2,1-2H3/b22-14-. The third-order valence-corrected chi connectivity index (χ3v) is 8.19. The van der Waals surface area contributed by atoms with Gasteiger partial charge < -0.3 is 9.84 Å². The molecule has 1 saturated heterocycles. The normalized spacial score (nSPS) is 17.3. The zero-order valence-electron chi connectivity index (χ0n) is 20.7. The maximum atomic E-state index is 13.3. The molecule has 1 aliphatic carbocycles. The van der Waals surface area contributed by atoms with Crippen molar-refractivity contribution in [2.75, 3.05) is 13.7 Å². The Morgan fingerprint density at radius 2 is 1.92 bits per heavy atom. The van der Waals surface area contributed by atoms with Crippen LogP contribution < -0.4 is 10.3 Å². The molecule has 1 aliphatic heterocycles. The van der Waals surface area contributed by atoms with E-state index in [-0.39, 0.29) is 41.6 Å². The molecule has 0 unspecified atom stereocenters. The van der Waals surface area contributed by atoms with Gasteiger partial charge in [-0.2, -0.15) is 5.26 Å². The lowest BCUT2D eigenvalue weighted by atomic mass is 9.93. The summed E-state index contributed by atoms with van der Waals surface area (Å²) in [5.41, 5.74) is 0.223. The first-order valence-electron chi connectivity index (χ1n) is 12.1. The summed E-state index contributed by atoms with van der Waals surface area (Å²) in [6.07, 6.45) is 5.88. The van der Waals surface area contributed by atoms with Crippen molar-refractivity contribution in [3.63, 3.8) is 0 Å². The van der Waals surface area contributed by atoms with Gasteiger partial charge in [-0.15, -0.1) is 0 Å². The quantitative estimate of drug-likeness (QED) is 0.307. The monoisotopic (exact) mass is 537 g/mol. The van der Waals surface area contributed by atoms with Gasteiger partial charge in [0.25, 0.3) is 11.5 Å². The lowest BCUT2D eigenvalue weighted by Crippen LogP contribution is -2.32. The molecule has 2 aliphatic rings. The minimum atomic E-state index is -0.568. The van der Waals surface area contributed by atoms with Crippen LogP contribution in [-0.4, -0.2) is 44.2 Å². The number of thiocarbonyl (C=S) groups is 1. The topological polar surface area (TPSA) is 113 Å². The zero-order valence-corrected chi connectivity index (χ0v) is 22.3. The van der Waals surface area contributed by atoms with Crippen LogP contribution in [0.5, 0.6) is 11.6 Å². The number of rotatable bonds is 7. The number of ketones is 1. The lowest BCUT2D eigenvalue weighted by molar-refractivity contribution is -0.122. The molecule has 1 saturated carbocycles.